The number of imidazole rings is 1. The van der Waals surface area contributed by atoms with E-state index in [-0.39, 0.29) is 11.4 Å². The van der Waals surface area contributed by atoms with Crippen molar-refractivity contribution < 1.29 is 14.3 Å². The third-order valence-electron chi connectivity index (χ3n) is 5.83. The SMILES string of the molecule is Cc1cn2nc(-c3cc(F)c4nc(C5CCN(C(=O)O)CC5)cnc4c3)cc(C)c2n1. The van der Waals surface area contributed by atoms with E-state index < -0.39 is 11.9 Å². The van der Waals surface area contributed by atoms with Gasteiger partial charge in [-0.3, -0.25) is 4.98 Å². The number of benzene rings is 1. The minimum Gasteiger partial charge on any atom is -0.465 e. The molecular formula is C22H21FN6O2. The highest BCUT2D eigenvalue weighted by Gasteiger charge is 2.25. The number of carboxylic acid groups (broad SMARTS) is 1. The molecule has 9 heteroatoms. The van der Waals surface area contributed by atoms with Crippen LogP contribution in [-0.2, 0) is 0 Å². The Kier molecular flexibility index (Phi) is 4.53. The fourth-order valence-corrected chi connectivity index (χ4v) is 4.18. The molecule has 0 saturated carbocycles. The lowest BCUT2D eigenvalue weighted by Crippen LogP contribution is -2.37. The topological polar surface area (TPSA) is 96.5 Å². The van der Waals surface area contributed by atoms with Gasteiger partial charge in [-0.15, -0.1) is 0 Å². The van der Waals surface area contributed by atoms with Gasteiger partial charge in [0.1, 0.15) is 5.52 Å². The van der Waals surface area contributed by atoms with Gasteiger partial charge in [0.25, 0.3) is 0 Å². The van der Waals surface area contributed by atoms with Crippen molar-refractivity contribution in [3.8, 4) is 11.3 Å². The number of likely N-dealkylation sites (tertiary alicyclic amines) is 1. The van der Waals surface area contributed by atoms with Gasteiger partial charge in [0.15, 0.2) is 11.5 Å². The highest BCUT2D eigenvalue weighted by molar-refractivity contribution is 5.81. The zero-order valence-corrected chi connectivity index (χ0v) is 17.2. The summed E-state index contributed by atoms with van der Waals surface area (Å²) in [4.78, 5) is 25.9. The summed E-state index contributed by atoms with van der Waals surface area (Å²) in [6, 6.07) is 5.12. The molecule has 0 atom stereocenters. The molecule has 0 aliphatic carbocycles. The average Bonchev–Trinajstić information content (AvgIpc) is 3.14. The Morgan fingerprint density at radius 3 is 2.68 bits per heavy atom. The summed E-state index contributed by atoms with van der Waals surface area (Å²) < 4.78 is 16.7. The smallest absolute Gasteiger partial charge is 0.407 e. The number of hydrogen-bond donors (Lipinski definition) is 1. The minimum atomic E-state index is -0.908. The highest BCUT2D eigenvalue weighted by atomic mass is 19.1. The molecule has 8 nitrogen and oxygen atoms in total. The minimum absolute atomic E-state index is 0.0720. The molecule has 0 radical (unpaired) electrons. The van der Waals surface area contributed by atoms with E-state index in [1.807, 2.05) is 26.1 Å². The molecule has 158 valence electrons. The molecule has 5 rings (SSSR count). The quantitative estimate of drug-likeness (QED) is 0.527. The maximum Gasteiger partial charge on any atom is 0.407 e. The molecule has 1 aliphatic heterocycles. The number of amides is 1. The molecule has 3 aromatic heterocycles. The molecule has 0 bridgehead atoms. The van der Waals surface area contributed by atoms with Crippen LogP contribution in [0, 0.1) is 19.7 Å². The molecule has 4 heterocycles. The maximum atomic E-state index is 15.0. The molecule has 0 unspecified atom stereocenters. The van der Waals surface area contributed by atoms with Gasteiger partial charge in [-0.1, -0.05) is 0 Å². The van der Waals surface area contributed by atoms with E-state index in [1.165, 1.54) is 11.0 Å². The molecule has 0 spiro atoms. The van der Waals surface area contributed by atoms with Crippen LogP contribution in [-0.4, -0.2) is 53.8 Å². The van der Waals surface area contributed by atoms with Crippen molar-refractivity contribution in [2.45, 2.75) is 32.6 Å². The average molecular weight is 420 g/mol. The highest BCUT2D eigenvalue weighted by Crippen LogP contribution is 2.30. The number of nitrogens with zero attached hydrogens (tertiary/aromatic N) is 6. The second-order valence-electron chi connectivity index (χ2n) is 8.03. The van der Waals surface area contributed by atoms with Crippen molar-refractivity contribution >= 4 is 22.8 Å². The van der Waals surface area contributed by atoms with Crippen LogP contribution >= 0.6 is 0 Å². The van der Waals surface area contributed by atoms with Crippen LogP contribution in [0.15, 0.2) is 30.6 Å². The van der Waals surface area contributed by atoms with E-state index in [9.17, 15) is 4.79 Å². The molecule has 1 amide bonds. The Balaban J connectivity index is 1.49. The van der Waals surface area contributed by atoms with E-state index in [2.05, 4.69) is 20.1 Å². The lowest BCUT2D eigenvalue weighted by Gasteiger charge is -2.29. The number of piperidine rings is 1. The number of aryl methyl sites for hydroxylation is 2. The number of rotatable bonds is 2. The second-order valence-corrected chi connectivity index (χ2v) is 8.03. The number of fused-ring (bicyclic) bond motifs is 2. The number of aromatic nitrogens is 5. The Morgan fingerprint density at radius 2 is 1.94 bits per heavy atom. The predicted octanol–water partition coefficient (Wildman–Crippen LogP) is 3.95. The first-order valence-electron chi connectivity index (χ1n) is 10.2. The standard InChI is InChI=1S/C22H21FN6O2/c1-12-7-17(27-29-11-13(2)25-21(12)29)15-8-16(23)20-18(9-15)24-10-19(26-20)14-3-5-28(6-4-14)22(30)31/h7-11,14H,3-6H2,1-2H3,(H,30,31). The van der Waals surface area contributed by atoms with E-state index in [1.54, 1.807) is 16.8 Å². The van der Waals surface area contributed by atoms with Gasteiger partial charge in [-0.2, -0.15) is 5.10 Å². The Morgan fingerprint density at radius 1 is 1.16 bits per heavy atom. The van der Waals surface area contributed by atoms with Crippen molar-refractivity contribution in [2.24, 2.45) is 0 Å². The predicted molar refractivity (Wildman–Crippen MR) is 113 cm³/mol. The van der Waals surface area contributed by atoms with Gasteiger partial charge in [-0.05, 0) is 50.5 Å². The van der Waals surface area contributed by atoms with Gasteiger partial charge in [0.2, 0.25) is 0 Å². The summed E-state index contributed by atoms with van der Waals surface area (Å²) in [5, 5.41) is 13.7. The van der Waals surface area contributed by atoms with Gasteiger partial charge >= 0.3 is 6.09 Å². The van der Waals surface area contributed by atoms with Crippen LogP contribution in [0.2, 0.25) is 0 Å². The first-order chi connectivity index (χ1) is 14.9. The van der Waals surface area contributed by atoms with Crippen molar-refractivity contribution in [1.82, 2.24) is 29.5 Å². The second kappa shape index (κ2) is 7.26. The molecule has 1 N–H and O–H groups in total. The first kappa shape index (κ1) is 19.3. The van der Waals surface area contributed by atoms with Gasteiger partial charge in [0, 0.05) is 30.8 Å². The largest absolute Gasteiger partial charge is 0.465 e. The summed E-state index contributed by atoms with van der Waals surface area (Å²) in [5.74, 6) is -0.381. The normalized spacial score (nSPS) is 15.1. The summed E-state index contributed by atoms with van der Waals surface area (Å²) in [6.45, 7) is 4.75. The molecular weight excluding hydrogens is 399 g/mol. The van der Waals surface area contributed by atoms with Gasteiger partial charge in [0.05, 0.1) is 28.8 Å². The molecule has 1 aromatic carbocycles. The van der Waals surface area contributed by atoms with Gasteiger partial charge < -0.3 is 10.0 Å². The molecule has 1 aliphatic rings. The fraction of sp³-hybridized carbons (Fsp3) is 0.318. The van der Waals surface area contributed by atoms with Crippen molar-refractivity contribution in [3.05, 3.63) is 53.4 Å². The summed E-state index contributed by atoms with van der Waals surface area (Å²) >= 11 is 0. The Bertz CT molecular complexity index is 1330. The van der Waals surface area contributed by atoms with Crippen LogP contribution < -0.4 is 0 Å². The van der Waals surface area contributed by atoms with Crippen LogP contribution in [0.1, 0.15) is 35.7 Å². The van der Waals surface area contributed by atoms with Crippen LogP contribution in [0.5, 0.6) is 0 Å². The monoisotopic (exact) mass is 420 g/mol. The van der Waals surface area contributed by atoms with E-state index in [0.717, 1.165) is 16.9 Å². The first-order valence-corrected chi connectivity index (χ1v) is 10.2. The zero-order valence-electron chi connectivity index (χ0n) is 17.2. The van der Waals surface area contributed by atoms with Crippen molar-refractivity contribution in [3.63, 3.8) is 0 Å². The van der Waals surface area contributed by atoms with Crippen LogP contribution in [0.3, 0.4) is 0 Å². The molecule has 1 fully saturated rings. The van der Waals surface area contributed by atoms with Crippen molar-refractivity contribution in [2.75, 3.05) is 13.1 Å². The Hall–Kier alpha value is -3.62. The number of carbonyl (C=O) groups is 1. The van der Waals surface area contributed by atoms with Crippen LogP contribution in [0.4, 0.5) is 9.18 Å². The van der Waals surface area contributed by atoms with E-state index in [0.29, 0.717) is 48.4 Å². The third kappa shape index (κ3) is 3.45. The van der Waals surface area contributed by atoms with Crippen LogP contribution in [0.25, 0.3) is 27.9 Å². The lowest BCUT2D eigenvalue weighted by molar-refractivity contribution is 0.131. The number of hydrogen-bond acceptors (Lipinski definition) is 5. The van der Waals surface area contributed by atoms with E-state index in [4.69, 9.17) is 5.11 Å². The molecule has 4 aromatic rings. The van der Waals surface area contributed by atoms with Crippen molar-refractivity contribution in [1.29, 1.82) is 0 Å². The zero-order chi connectivity index (χ0) is 21.7. The summed E-state index contributed by atoms with van der Waals surface area (Å²) in [6.07, 6.45) is 3.91. The molecule has 31 heavy (non-hydrogen) atoms. The summed E-state index contributed by atoms with van der Waals surface area (Å²) in [5.41, 5.74) is 5.24. The lowest BCUT2D eigenvalue weighted by atomic mass is 9.94. The maximum absolute atomic E-state index is 15.0. The number of halogens is 1. The Labute approximate surface area is 177 Å². The van der Waals surface area contributed by atoms with E-state index >= 15 is 4.39 Å². The third-order valence-corrected chi connectivity index (χ3v) is 5.83. The van der Waals surface area contributed by atoms with Gasteiger partial charge in [-0.25, -0.2) is 23.7 Å². The fourth-order valence-electron chi connectivity index (χ4n) is 4.18. The summed E-state index contributed by atoms with van der Waals surface area (Å²) in [7, 11) is 0. The molecule has 1 saturated heterocycles.